The monoisotopic (exact) mass is 265 g/mol. The Labute approximate surface area is 108 Å². The number of hydrogen-bond donors (Lipinski definition) is 4. The Hall–Kier alpha value is -1.44. The summed E-state index contributed by atoms with van der Waals surface area (Å²) < 4.78 is 0. The third-order valence-corrected chi connectivity index (χ3v) is 3.81. The molecule has 0 aliphatic carbocycles. The van der Waals surface area contributed by atoms with Crippen molar-refractivity contribution in [3.8, 4) is 0 Å². The van der Waals surface area contributed by atoms with Gasteiger partial charge in [0.2, 0.25) is 0 Å². The number of aromatic nitrogens is 3. The van der Waals surface area contributed by atoms with Crippen LogP contribution in [0, 0.1) is 0 Å². The number of nitrogens with one attached hydrogen (secondary N) is 4. The van der Waals surface area contributed by atoms with Crippen LogP contribution < -0.4 is 15.5 Å². The van der Waals surface area contributed by atoms with Gasteiger partial charge in [-0.1, -0.05) is 11.3 Å². The lowest BCUT2D eigenvalue weighted by molar-refractivity contribution is 0.440. The van der Waals surface area contributed by atoms with Crippen LogP contribution in [0.1, 0.15) is 17.1 Å². The number of thiazole rings is 1. The summed E-state index contributed by atoms with van der Waals surface area (Å²) in [5, 5.41) is 8.65. The van der Waals surface area contributed by atoms with Gasteiger partial charge >= 0.3 is 4.87 Å². The first-order valence-electron chi connectivity index (χ1n) is 5.93. The first-order chi connectivity index (χ1) is 8.81. The number of fused-ring (bicyclic) bond motifs is 1. The van der Waals surface area contributed by atoms with Crippen molar-refractivity contribution in [3.63, 3.8) is 0 Å². The Bertz CT molecular complexity index is 572. The van der Waals surface area contributed by atoms with Crippen molar-refractivity contribution >= 4 is 11.3 Å². The van der Waals surface area contributed by atoms with E-state index in [2.05, 4.69) is 25.6 Å². The zero-order valence-corrected chi connectivity index (χ0v) is 10.6. The Morgan fingerprint density at radius 3 is 3.33 bits per heavy atom. The third-order valence-electron chi connectivity index (χ3n) is 3.09. The molecule has 0 bridgehead atoms. The van der Waals surface area contributed by atoms with Crippen LogP contribution in [-0.2, 0) is 19.5 Å². The van der Waals surface area contributed by atoms with Crippen molar-refractivity contribution in [1.82, 2.24) is 25.6 Å². The normalized spacial score (nSPS) is 18.8. The molecule has 0 fully saturated rings. The largest absolute Gasteiger partial charge is 0.347 e. The molecule has 2 aromatic heterocycles. The van der Waals surface area contributed by atoms with Gasteiger partial charge in [-0.3, -0.25) is 4.79 Å². The summed E-state index contributed by atoms with van der Waals surface area (Å²) in [6.07, 6.45) is 2.68. The van der Waals surface area contributed by atoms with Gasteiger partial charge in [0, 0.05) is 43.2 Å². The molecule has 3 rings (SSSR count). The van der Waals surface area contributed by atoms with E-state index in [9.17, 15) is 4.79 Å². The second-order valence-electron chi connectivity index (χ2n) is 4.41. The molecule has 96 valence electrons. The van der Waals surface area contributed by atoms with E-state index >= 15 is 0 Å². The van der Waals surface area contributed by atoms with Crippen molar-refractivity contribution in [3.05, 3.63) is 38.5 Å². The first-order valence-corrected chi connectivity index (χ1v) is 6.81. The van der Waals surface area contributed by atoms with E-state index in [1.54, 1.807) is 6.33 Å². The molecule has 3 heterocycles. The quantitative estimate of drug-likeness (QED) is 0.625. The Kier molecular flexibility index (Phi) is 3.26. The maximum atomic E-state index is 11.0. The Balaban J connectivity index is 1.49. The van der Waals surface area contributed by atoms with Gasteiger partial charge in [0.25, 0.3) is 0 Å². The van der Waals surface area contributed by atoms with Crippen molar-refractivity contribution in [1.29, 1.82) is 0 Å². The van der Waals surface area contributed by atoms with E-state index in [1.165, 1.54) is 17.0 Å². The number of H-pyrrole nitrogens is 2. The average Bonchev–Trinajstić information content (AvgIpc) is 2.97. The molecule has 0 saturated carbocycles. The summed E-state index contributed by atoms with van der Waals surface area (Å²) in [5.74, 6) is 0. The van der Waals surface area contributed by atoms with Gasteiger partial charge in [-0.15, -0.1) is 0 Å². The van der Waals surface area contributed by atoms with Crippen LogP contribution in [0.3, 0.4) is 0 Å². The van der Waals surface area contributed by atoms with Crippen LogP contribution in [0.5, 0.6) is 0 Å². The molecule has 0 aromatic carbocycles. The van der Waals surface area contributed by atoms with Crippen LogP contribution in [0.4, 0.5) is 0 Å². The lowest BCUT2D eigenvalue weighted by atomic mass is 10.1. The second kappa shape index (κ2) is 5.05. The molecule has 18 heavy (non-hydrogen) atoms. The van der Waals surface area contributed by atoms with Crippen molar-refractivity contribution in [2.75, 3.05) is 6.54 Å². The highest BCUT2D eigenvalue weighted by molar-refractivity contribution is 7.07. The number of imidazole rings is 1. The van der Waals surface area contributed by atoms with E-state index < -0.39 is 0 Å². The van der Waals surface area contributed by atoms with Crippen LogP contribution in [0.15, 0.2) is 16.5 Å². The van der Waals surface area contributed by atoms with Gasteiger partial charge in [0.15, 0.2) is 0 Å². The van der Waals surface area contributed by atoms with E-state index in [0.717, 1.165) is 30.9 Å². The van der Waals surface area contributed by atoms with E-state index in [-0.39, 0.29) is 4.87 Å². The predicted molar refractivity (Wildman–Crippen MR) is 69.6 cm³/mol. The molecule has 1 aliphatic rings. The molecule has 1 unspecified atom stereocenters. The fourth-order valence-electron chi connectivity index (χ4n) is 2.16. The van der Waals surface area contributed by atoms with E-state index in [0.29, 0.717) is 12.6 Å². The van der Waals surface area contributed by atoms with Crippen LogP contribution in [0.25, 0.3) is 0 Å². The van der Waals surface area contributed by atoms with E-state index in [4.69, 9.17) is 0 Å². The second-order valence-corrected chi connectivity index (χ2v) is 5.26. The van der Waals surface area contributed by atoms with Gasteiger partial charge in [0.1, 0.15) is 0 Å². The molecule has 4 N–H and O–H groups in total. The van der Waals surface area contributed by atoms with Crippen molar-refractivity contribution in [2.24, 2.45) is 0 Å². The van der Waals surface area contributed by atoms with Crippen LogP contribution >= 0.6 is 11.3 Å². The predicted octanol–water partition coefficient (Wildman–Crippen LogP) is -0.0364. The topological polar surface area (TPSA) is 85.6 Å². The number of rotatable bonds is 4. The maximum Gasteiger partial charge on any atom is 0.304 e. The summed E-state index contributed by atoms with van der Waals surface area (Å²) in [4.78, 5) is 21.2. The molecule has 0 spiro atoms. The molecular weight excluding hydrogens is 250 g/mol. The van der Waals surface area contributed by atoms with Gasteiger partial charge in [0.05, 0.1) is 17.7 Å². The van der Waals surface area contributed by atoms with Crippen molar-refractivity contribution in [2.45, 2.75) is 25.6 Å². The Morgan fingerprint density at radius 2 is 2.50 bits per heavy atom. The molecule has 0 saturated heterocycles. The highest BCUT2D eigenvalue weighted by Gasteiger charge is 2.19. The van der Waals surface area contributed by atoms with Crippen LogP contribution in [0.2, 0.25) is 0 Å². The van der Waals surface area contributed by atoms with Gasteiger partial charge < -0.3 is 20.6 Å². The van der Waals surface area contributed by atoms with E-state index in [1.807, 2.05) is 5.38 Å². The number of nitrogens with zero attached hydrogens (tertiary/aromatic N) is 1. The molecule has 0 radical (unpaired) electrons. The third kappa shape index (κ3) is 2.53. The molecule has 2 aromatic rings. The summed E-state index contributed by atoms with van der Waals surface area (Å²) in [5.41, 5.74) is 3.29. The standard InChI is InChI=1S/C11H15N5OS/c17-11-16-8(5-18-11)3-12-2-7-1-9-10(4-13-7)15-6-14-9/h5-7,12-13H,1-4H2,(H,14,15)(H,16,17). The minimum atomic E-state index is 0.00348. The fraction of sp³-hybridized carbons (Fsp3) is 0.455. The smallest absolute Gasteiger partial charge is 0.304 e. The van der Waals surface area contributed by atoms with Crippen molar-refractivity contribution < 1.29 is 0 Å². The summed E-state index contributed by atoms with van der Waals surface area (Å²) in [6, 6.07) is 0.395. The molecule has 6 nitrogen and oxygen atoms in total. The average molecular weight is 265 g/mol. The molecule has 1 atom stereocenters. The highest BCUT2D eigenvalue weighted by atomic mass is 32.1. The summed E-state index contributed by atoms with van der Waals surface area (Å²) >= 11 is 1.20. The van der Waals surface area contributed by atoms with Crippen LogP contribution in [-0.4, -0.2) is 27.5 Å². The minimum absolute atomic E-state index is 0.00348. The summed E-state index contributed by atoms with van der Waals surface area (Å²) in [7, 11) is 0. The molecular formula is C11H15N5OS. The molecule has 7 heteroatoms. The minimum Gasteiger partial charge on any atom is -0.347 e. The SMILES string of the molecule is O=c1[nH]c(CNCC2Cc3nc[nH]c3CN2)cs1. The van der Waals surface area contributed by atoms with Gasteiger partial charge in [-0.2, -0.15) is 0 Å². The number of hydrogen-bond acceptors (Lipinski definition) is 5. The highest BCUT2D eigenvalue weighted by Crippen LogP contribution is 2.11. The summed E-state index contributed by atoms with van der Waals surface area (Å²) in [6.45, 7) is 2.41. The van der Waals surface area contributed by atoms with Gasteiger partial charge in [-0.05, 0) is 0 Å². The maximum absolute atomic E-state index is 11.0. The number of aromatic amines is 2. The lowest BCUT2D eigenvalue weighted by Crippen LogP contribution is -2.42. The first kappa shape index (κ1) is 11.6. The molecule has 1 aliphatic heterocycles. The molecule has 0 amide bonds. The lowest BCUT2D eigenvalue weighted by Gasteiger charge is -2.23. The fourth-order valence-corrected chi connectivity index (χ4v) is 2.74. The zero-order chi connectivity index (χ0) is 12.4. The van der Waals surface area contributed by atoms with Gasteiger partial charge in [-0.25, -0.2) is 4.98 Å². The zero-order valence-electron chi connectivity index (χ0n) is 9.82. The Morgan fingerprint density at radius 1 is 1.56 bits per heavy atom.